The highest BCUT2D eigenvalue weighted by Gasteiger charge is 2.39. The highest BCUT2D eigenvalue weighted by atomic mass is 32.2. The molecule has 0 bridgehead atoms. The van der Waals surface area contributed by atoms with E-state index in [1.807, 2.05) is 0 Å². The lowest BCUT2D eigenvalue weighted by Gasteiger charge is -2.30. The van der Waals surface area contributed by atoms with E-state index in [1.165, 1.54) is 56.8 Å². The molecule has 0 aliphatic rings. The van der Waals surface area contributed by atoms with Crippen LogP contribution in [-0.2, 0) is 83.1 Å². The number of carboxylic acids is 2. The minimum absolute atomic E-state index is 0.0268. The van der Waals surface area contributed by atoms with Crippen LogP contribution in [0.3, 0.4) is 0 Å². The van der Waals surface area contributed by atoms with Gasteiger partial charge in [0.25, 0.3) is 0 Å². The lowest BCUT2D eigenvalue weighted by atomic mass is 9.97. The number of carboxylic acid groups (broad SMARTS) is 2. The van der Waals surface area contributed by atoms with Gasteiger partial charge in [0.15, 0.2) is 5.96 Å². The largest absolute Gasteiger partial charge is 0.508 e. The number of benzene rings is 1. The summed E-state index contributed by atoms with van der Waals surface area (Å²) >= 11 is 5.55. The molecule has 0 radical (unpaired) electrons. The van der Waals surface area contributed by atoms with Crippen LogP contribution in [0.5, 0.6) is 5.75 Å². The number of hydrogen-bond acceptors (Lipinski definition) is 22. The zero-order chi connectivity index (χ0) is 81.5. The van der Waals surface area contributed by atoms with Crippen molar-refractivity contribution in [2.24, 2.45) is 52.3 Å². The molecule has 0 fully saturated rings. The normalized spacial score (nSPS) is 15.1. The van der Waals surface area contributed by atoms with Crippen molar-refractivity contribution in [2.45, 2.75) is 224 Å². The van der Waals surface area contributed by atoms with Crippen LogP contribution >= 0.6 is 24.4 Å². The molecule has 1 rings (SSSR count). The quantitative estimate of drug-likeness (QED) is 0.0126. The Balaban J connectivity index is 3.58. The molecule has 1 aromatic rings. The Morgan fingerprint density at radius 1 is 0.477 bits per heavy atom. The second-order valence-electron chi connectivity index (χ2n) is 26.9. The van der Waals surface area contributed by atoms with Crippen LogP contribution in [0.25, 0.3) is 0 Å². The molecule has 602 valence electrons. The van der Waals surface area contributed by atoms with Crippen LogP contribution in [0.1, 0.15) is 145 Å². The number of phenolic OH excluding ortho intramolecular Hbond substituents is 1. The molecular weight excluding hydrogens is 1440 g/mol. The van der Waals surface area contributed by atoms with E-state index in [1.54, 1.807) is 47.8 Å². The van der Waals surface area contributed by atoms with Crippen LogP contribution in [0.4, 0.5) is 0 Å². The number of nitrogens with one attached hydrogen (secondary N) is 14. The van der Waals surface area contributed by atoms with Crippen molar-refractivity contribution in [1.82, 2.24) is 69.1 Å². The summed E-state index contributed by atoms with van der Waals surface area (Å²) in [5, 5.41) is 69.5. The van der Waals surface area contributed by atoms with Crippen molar-refractivity contribution in [3.05, 3.63) is 29.8 Å². The topological polar surface area (TPSA) is 644 Å². The number of unbranched alkanes of at least 4 members (excludes halogenated alkanes) is 1. The van der Waals surface area contributed by atoms with Gasteiger partial charge < -0.3 is 113 Å². The van der Waals surface area contributed by atoms with E-state index < -0.39 is 222 Å². The summed E-state index contributed by atoms with van der Waals surface area (Å²) in [7, 11) is 0. The minimum Gasteiger partial charge on any atom is -0.508 e. The molecule has 27 N–H and O–H groups in total. The standard InChI is InChI=1S/C67H113N19O19S2/c1-11-35(8)53(65(103)81-45(30-49(90)91)61(99)85-52(34(6)7)66(104)105)86-59(97)43(25-28-107-10)78-56(94)40(15-12-13-26-68)76-57(95)42(22-24-48(71)89)79-63(101)50(32(2)3)84-64(102)51(33(4)5)83-58(96)41(16-14-27-74-67(72)73)77-62(100)46(31-106)82-54(92)36(9)75-60(98)44(29-37-17-19-38(87)20-18-37)80-55(93)39(69)21-23-47(70)88/h17-20,32-36,39-46,50-53,87,106H,11-16,21-31,68-69H2,1-10H3,(H2,70,88)(H2,71,89)(H,75,98)(H,76,95)(H,77,100)(H,78,94)(H,79,101)(H,80,93)(H,81,103)(H,82,92)(H,83,96)(H,84,102)(H,85,99)(H,86,97)(H,90,91)(H,104,105)(H4,72,73,74)/t35-,36-,39-,40-,41-,42-,43-,44-,45-,46-,50-,51-,52-,53-/m0/s1. The van der Waals surface area contributed by atoms with E-state index in [2.05, 4.69) is 81.7 Å². The number of hydrogen-bond donors (Lipinski definition) is 23. The molecule has 40 heteroatoms. The van der Waals surface area contributed by atoms with Crippen LogP contribution < -0.4 is 97.8 Å². The molecule has 0 spiro atoms. The first-order valence-electron chi connectivity index (χ1n) is 35.2. The third-order valence-electron chi connectivity index (χ3n) is 16.9. The molecule has 107 heavy (non-hydrogen) atoms. The van der Waals surface area contributed by atoms with E-state index >= 15 is 0 Å². The van der Waals surface area contributed by atoms with Gasteiger partial charge in [0.05, 0.1) is 12.5 Å². The molecule has 14 atom stereocenters. The lowest BCUT2D eigenvalue weighted by Crippen LogP contribution is -2.62. The molecule has 0 saturated heterocycles. The first-order chi connectivity index (χ1) is 50.1. The molecule has 0 unspecified atom stereocenters. The molecule has 14 amide bonds. The van der Waals surface area contributed by atoms with Crippen LogP contribution in [0, 0.1) is 29.1 Å². The van der Waals surface area contributed by atoms with Gasteiger partial charge in [-0.1, -0.05) is 73.9 Å². The molecule has 0 heterocycles. The zero-order valence-electron chi connectivity index (χ0n) is 62.3. The Morgan fingerprint density at radius 2 is 0.879 bits per heavy atom. The van der Waals surface area contributed by atoms with E-state index in [0.29, 0.717) is 12.0 Å². The van der Waals surface area contributed by atoms with Crippen LogP contribution in [0.15, 0.2) is 24.3 Å². The molecule has 0 saturated carbocycles. The highest BCUT2D eigenvalue weighted by molar-refractivity contribution is 7.98. The van der Waals surface area contributed by atoms with Crippen molar-refractivity contribution >= 4 is 125 Å². The fourth-order valence-electron chi connectivity index (χ4n) is 10.3. The number of nitrogens with two attached hydrogens (primary N) is 5. The van der Waals surface area contributed by atoms with Gasteiger partial charge in [0.1, 0.15) is 78.3 Å². The van der Waals surface area contributed by atoms with Gasteiger partial charge in [-0.3, -0.25) is 77.3 Å². The summed E-state index contributed by atoms with van der Waals surface area (Å²) in [6, 6.07) is -13.4. The van der Waals surface area contributed by atoms with Crippen molar-refractivity contribution in [3.63, 3.8) is 0 Å². The maximum Gasteiger partial charge on any atom is 0.326 e. The molecule has 0 aromatic heterocycles. The Hall–Kier alpha value is -9.57. The smallest absolute Gasteiger partial charge is 0.326 e. The first-order valence-corrected chi connectivity index (χ1v) is 37.2. The van der Waals surface area contributed by atoms with Gasteiger partial charge >= 0.3 is 11.9 Å². The van der Waals surface area contributed by atoms with Crippen molar-refractivity contribution in [1.29, 1.82) is 5.41 Å². The zero-order valence-corrected chi connectivity index (χ0v) is 64.0. The number of primary amides is 2. The summed E-state index contributed by atoms with van der Waals surface area (Å²) in [5.41, 5.74) is 28.4. The molecule has 0 aliphatic carbocycles. The van der Waals surface area contributed by atoms with Gasteiger partial charge in [0, 0.05) is 31.6 Å². The summed E-state index contributed by atoms with van der Waals surface area (Å²) in [4.78, 5) is 216. The van der Waals surface area contributed by atoms with Gasteiger partial charge in [-0.05, 0) is 118 Å². The number of thioether (sulfide) groups is 1. The SMILES string of the molecule is CC[C@H](C)[C@H](NC(=O)[C@H](CCSC)NC(=O)[C@H](CCCCN)NC(=O)[C@H](CCC(N)=O)NC(=O)[C@@H](NC(=O)[C@@H](NC(=O)[C@H](CCCNC(=N)N)NC(=O)[C@H](CS)NC(=O)[C@H](C)NC(=O)[C@H](Cc1ccc(O)cc1)NC(=O)[C@@H](N)CCC(N)=O)C(C)C)C(C)C)C(=O)N[C@@H](CC(=O)O)C(=O)N[C@H](C(=O)O)C(C)C. The van der Waals surface area contributed by atoms with Gasteiger partial charge in [-0.2, -0.15) is 24.4 Å². The summed E-state index contributed by atoms with van der Waals surface area (Å²) < 4.78 is 0. The predicted molar refractivity (Wildman–Crippen MR) is 398 cm³/mol. The van der Waals surface area contributed by atoms with E-state index in [0.717, 1.165) is 0 Å². The fraction of sp³-hybridized carbons (Fsp3) is 0.657. The number of thiol groups is 1. The van der Waals surface area contributed by atoms with E-state index in [4.69, 9.17) is 34.1 Å². The fourth-order valence-corrected chi connectivity index (χ4v) is 11.0. The maximum absolute atomic E-state index is 14.5. The van der Waals surface area contributed by atoms with Gasteiger partial charge in [-0.15, -0.1) is 0 Å². The third kappa shape index (κ3) is 36.1. The Labute approximate surface area is 631 Å². The second kappa shape index (κ2) is 49.3. The third-order valence-corrected chi connectivity index (χ3v) is 17.9. The number of phenols is 1. The summed E-state index contributed by atoms with van der Waals surface area (Å²) in [6.07, 6.45) is -0.0945. The highest BCUT2D eigenvalue weighted by Crippen LogP contribution is 2.17. The number of aromatic hydroxyl groups is 1. The Bertz CT molecular complexity index is 3210. The molecule has 38 nitrogen and oxygen atoms in total. The van der Waals surface area contributed by atoms with Gasteiger partial charge in [0.2, 0.25) is 82.7 Å². The predicted octanol–water partition coefficient (Wildman–Crippen LogP) is -4.72. The van der Waals surface area contributed by atoms with Crippen LogP contribution in [-0.4, -0.2) is 225 Å². The van der Waals surface area contributed by atoms with Gasteiger partial charge in [-0.25, -0.2) is 4.79 Å². The molecular formula is C67H113N19O19S2. The number of amides is 14. The maximum atomic E-state index is 14.5. The number of rotatable bonds is 52. The van der Waals surface area contributed by atoms with E-state index in [9.17, 15) is 92.0 Å². The Morgan fingerprint density at radius 3 is 1.36 bits per heavy atom. The Kier molecular flexibility index (Phi) is 44.0. The number of carbonyl (C=O) groups excluding carboxylic acids is 14. The summed E-state index contributed by atoms with van der Waals surface area (Å²) in [5.74, 6) is -19.3. The number of aliphatic carboxylic acids is 2. The molecule has 0 aliphatic heterocycles. The van der Waals surface area contributed by atoms with E-state index in [-0.39, 0.29) is 88.1 Å². The first kappa shape index (κ1) is 95.4. The monoisotopic (exact) mass is 1550 g/mol. The van der Waals surface area contributed by atoms with Crippen molar-refractivity contribution in [2.75, 3.05) is 30.9 Å². The average Bonchev–Trinajstić information content (AvgIpc) is 0.860. The molecule has 1 aromatic carbocycles. The number of carbonyl (C=O) groups is 16. The minimum atomic E-state index is -1.79. The summed E-state index contributed by atoms with van der Waals surface area (Å²) in [6.45, 7) is 13.9. The average molecular weight is 1550 g/mol. The lowest BCUT2D eigenvalue weighted by molar-refractivity contribution is -0.144. The second-order valence-corrected chi connectivity index (χ2v) is 28.2. The van der Waals surface area contributed by atoms with Crippen molar-refractivity contribution < 1.29 is 92.0 Å². The van der Waals surface area contributed by atoms with Crippen LogP contribution in [0.2, 0.25) is 0 Å². The van der Waals surface area contributed by atoms with Crippen molar-refractivity contribution in [3.8, 4) is 5.75 Å². The number of guanidine groups is 1.